The third-order valence-corrected chi connectivity index (χ3v) is 3.11. The van der Waals surface area contributed by atoms with Crippen LogP contribution >= 0.6 is 0 Å². The summed E-state index contributed by atoms with van der Waals surface area (Å²) >= 11 is 0. The Hall–Kier alpha value is -1.46. The lowest BCUT2D eigenvalue weighted by Gasteiger charge is -2.34. The summed E-state index contributed by atoms with van der Waals surface area (Å²) in [6, 6.07) is 5.45. The number of hydrogen-bond donors (Lipinski definition) is 1. The first-order chi connectivity index (χ1) is 8.13. The summed E-state index contributed by atoms with van der Waals surface area (Å²) in [6.45, 7) is 1.08. The average Bonchev–Trinajstić information content (AvgIpc) is 2.39. The molecule has 0 saturated carbocycles. The van der Waals surface area contributed by atoms with Gasteiger partial charge in [0.15, 0.2) is 0 Å². The zero-order valence-corrected chi connectivity index (χ0v) is 9.93. The van der Waals surface area contributed by atoms with Gasteiger partial charge in [0.2, 0.25) is 5.91 Å². The van der Waals surface area contributed by atoms with Gasteiger partial charge in [0.25, 0.3) is 0 Å². The van der Waals surface area contributed by atoms with Crippen LogP contribution in [0.1, 0.15) is 12.8 Å². The second-order valence-electron chi connectivity index (χ2n) is 4.32. The van der Waals surface area contributed by atoms with Crippen molar-refractivity contribution in [3.63, 3.8) is 0 Å². The van der Waals surface area contributed by atoms with Crippen LogP contribution in [-0.4, -0.2) is 36.7 Å². The standard InChI is InChI=1S/C12H17N3O2/c1-15(10-4-2-3-7-14-10)11(16)12(13)5-8-17-9-6-12/h2-4,7H,5-6,8-9,13H2,1H3. The summed E-state index contributed by atoms with van der Waals surface area (Å²) in [7, 11) is 1.70. The molecular formula is C12H17N3O2. The fourth-order valence-electron chi connectivity index (χ4n) is 1.94. The molecule has 92 valence electrons. The van der Waals surface area contributed by atoms with E-state index in [2.05, 4.69) is 4.98 Å². The lowest BCUT2D eigenvalue weighted by atomic mass is 9.90. The smallest absolute Gasteiger partial charge is 0.248 e. The number of rotatable bonds is 2. The summed E-state index contributed by atoms with van der Waals surface area (Å²) < 4.78 is 5.23. The van der Waals surface area contributed by atoms with Crippen LogP contribution in [-0.2, 0) is 9.53 Å². The number of nitrogens with zero attached hydrogens (tertiary/aromatic N) is 2. The van der Waals surface area contributed by atoms with E-state index in [1.54, 1.807) is 19.3 Å². The molecule has 5 nitrogen and oxygen atoms in total. The second-order valence-corrected chi connectivity index (χ2v) is 4.32. The van der Waals surface area contributed by atoms with Crippen LogP contribution in [0.5, 0.6) is 0 Å². The van der Waals surface area contributed by atoms with Gasteiger partial charge in [-0.25, -0.2) is 4.98 Å². The molecule has 0 spiro atoms. The number of likely N-dealkylation sites (N-methyl/N-ethyl adjacent to an activating group) is 1. The SMILES string of the molecule is CN(C(=O)C1(N)CCOCC1)c1ccccn1. The van der Waals surface area contributed by atoms with Gasteiger partial charge in [-0.15, -0.1) is 0 Å². The van der Waals surface area contributed by atoms with Gasteiger partial charge in [-0.2, -0.15) is 0 Å². The number of hydrogen-bond acceptors (Lipinski definition) is 4. The molecule has 0 bridgehead atoms. The van der Waals surface area contributed by atoms with Gasteiger partial charge in [0.1, 0.15) is 11.4 Å². The van der Waals surface area contributed by atoms with Crippen LogP contribution in [0.4, 0.5) is 5.82 Å². The summed E-state index contributed by atoms with van der Waals surface area (Å²) in [4.78, 5) is 18.0. The highest BCUT2D eigenvalue weighted by Crippen LogP contribution is 2.22. The Morgan fingerprint density at radius 1 is 1.47 bits per heavy atom. The molecule has 2 N–H and O–H groups in total. The van der Waals surface area contributed by atoms with E-state index >= 15 is 0 Å². The Morgan fingerprint density at radius 3 is 2.76 bits per heavy atom. The number of aromatic nitrogens is 1. The van der Waals surface area contributed by atoms with E-state index in [0.29, 0.717) is 31.9 Å². The molecule has 0 aliphatic carbocycles. The maximum absolute atomic E-state index is 12.3. The number of ether oxygens (including phenoxy) is 1. The first-order valence-corrected chi connectivity index (χ1v) is 5.69. The Balaban J connectivity index is 2.14. The van der Waals surface area contributed by atoms with Crippen LogP contribution < -0.4 is 10.6 Å². The van der Waals surface area contributed by atoms with Crippen LogP contribution in [0.2, 0.25) is 0 Å². The van der Waals surface area contributed by atoms with Crippen LogP contribution in [0.15, 0.2) is 24.4 Å². The third kappa shape index (κ3) is 2.45. The van der Waals surface area contributed by atoms with Crippen molar-refractivity contribution >= 4 is 11.7 Å². The number of carbonyl (C=O) groups is 1. The van der Waals surface area contributed by atoms with Crippen LogP contribution in [0.25, 0.3) is 0 Å². The van der Waals surface area contributed by atoms with E-state index in [-0.39, 0.29) is 5.91 Å². The van der Waals surface area contributed by atoms with E-state index in [1.807, 2.05) is 12.1 Å². The molecule has 2 rings (SSSR count). The molecule has 5 heteroatoms. The Morgan fingerprint density at radius 2 is 2.18 bits per heavy atom. The zero-order chi connectivity index (χ0) is 12.3. The number of pyridine rings is 1. The summed E-state index contributed by atoms with van der Waals surface area (Å²) in [6.07, 6.45) is 2.78. The largest absolute Gasteiger partial charge is 0.381 e. The van der Waals surface area contributed by atoms with E-state index in [4.69, 9.17) is 10.5 Å². The molecule has 1 fully saturated rings. The van der Waals surface area contributed by atoms with E-state index in [0.717, 1.165) is 0 Å². The summed E-state index contributed by atoms with van der Waals surface area (Å²) in [5.74, 6) is 0.522. The number of amides is 1. The van der Waals surface area contributed by atoms with Gasteiger partial charge in [-0.1, -0.05) is 6.07 Å². The minimum Gasteiger partial charge on any atom is -0.381 e. The molecule has 1 aromatic rings. The monoisotopic (exact) mass is 235 g/mol. The fraction of sp³-hybridized carbons (Fsp3) is 0.500. The maximum atomic E-state index is 12.3. The first kappa shape index (κ1) is 12.0. The molecule has 0 unspecified atom stereocenters. The van der Waals surface area contributed by atoms with Crippen LogP contribution in [0.3, 0.4) is 0 Å². The van der Waals surface area contributed by atoms with Crippen molar-refractivity contribution in [2.75, 3.05) is 25.2 Å². The average molecular weight is 235 g/mol. The summed E-state index contributed by atoms with van der Waals surface area (Å²) in [5, 5.41) is 0. The number of nitrogens with two attached hydrogens (primary N) is 1. The molecule has 1 aliphatic heterocycles. The molecule has 0 radical (unpaired) electrons. The molecule has 2 heterocycles. The van der Waals surface area contributed by atoms with Crippen molar-refractivity contribution in [3.8, 4) is 0 Å². The Kier molecular flexibility index (Phi) is 3.40. The molecule has 0 atom stereocenters. The fourth-order valence-corrected chi connectivity index (χ4v) is 1.94. The summed E-state index contributed by atoms with van der Waals surface area (Å²) in [5.41, 5.74) is 5.33. The highest BCUT2D eigenvalue weighted by molar-refractivity contribution is 5.99. The minimum absolute atomic E-state index is 0.0977. The molecule has 1 aromatic heterocycles. The second kappa shape index (κ2) is 4.81. The Bertz CT molecular complexity index is 388. The van der Waals surface area contributed by atoms with E-state index in [1.165, 1.54) is 4.90 Å². The lowest BCUT2D eigenvalue weighted by molar-refractivity contribution is -0.126. The van der Waals surface area contributed by atoms with Crippen molar-refractivity contribution in [1.82, 2.24) is 4.98 Å². The van der Waals surface area contributed by atoms with E-state index < -0.39 is 5.54 Å². The van der Waals surface area contributed by atoms with Gasteiger partial charge >= 0.3 is 0 Å². The molecule has 1 saturated heterocycles. The van der Waals surface area contributed by atoms with Crippen molar-refractivity contribution < 1.29 is 9.53 Å². The molecule has 0 aromatic carbocycles. The molecule has 17 heavy (non-hydrogen) atoms. The van der Waals surface area contributed by atoms with Gasteiger partial charge in [-0.05, 0) is 25.0 Å². The normalized spacial score (nSPS) is 18.7. The van der Waals surface area contributed by atoms with Crippen molar-refractivity contribution in [3.05, 3.63) is 24.4 Å². The van der Waals surface area contributed by atoms with Gasteiger partial charge < -0.3 is 10.5 Å². The molecular weight excluding hydrogens is 218 g/mol. The number of carbonyl (C=O) groups excluding carboxylic acids is 1. The van der Waals surface area contributed by atoms with Gasteiger partial charge in [0.05, 0.1) is 0 Å². The predicted molar refractivity (Wildman–Crippen MR) is 64.6 cm³/mol. The van der Waals surface area contributed by atoms with Gasteiger partial charge in [-0.3, -0.25) is 9.69 Å². The Labute approximate surface area is 101 Å². The predicted octanol–water partition coefficient (Wildman–Crippen LogP) is 0.552. The molecule has 1 aliphatic rings. The highest BCUT2D eigenvalue weighted by Gasteiger charge is 2.38. The van der Waals surface area contributed by atoms with Crippen molar-refractivity contribution in [1.29, 1.82) is 0 Å². The number of anilines is 1. The van der Waals surface area contributed by atoms with Gasteiger partial charge in [0, 0.05) is 26.5 Å². The molecule has 1 amide bonds. The van der Waals surface area contributed by atoms with E-state index in [9.17, 15) is 4.79 Å². The third-order valence-electron chi connectivity index (χ3n) is 3.11. The van der Waals surface area contributed by atoms with Crippen LogP contribution in [0, 0.1) is 0 Å². The lowest BCUT2D eigenvalue weighted by Crippen LogP contribution is -2.57. The zero-order valence-electron chi connectivity index (χ0n) is 9.93. The van der Waals surface area contributed by atoms with Crippen molar-refractivity contribution in [2.45, 2.75) is 18.4 Å². The minimum atomic E-state index is -0.815. The quantitative estimate of drug-likeness (QED) is 0.813. The maximum Gasteiger partial charge on any atom is 0.248 e. The topological polar surface area (TPSA) is 68.5 Å². The van der Waals surface area contributed by atoms with Crippen molar-refractivity contribution in [2.24, 2.45) is 5.73 Å². The first-order valence-electron chi connectivity index (χ1n) is 5.69. The highest BCUT2D eigenvalue weighted by atomic mass is 16.5.